The van der Waals surface area contributed by atoms with Crippen molar-refractivity contribution in [3.8, 4) is 5.75 Å². The van der Waals surface area contributed by atoms with Gasteiger partial charge in [-0.15, -0.1) is 11.6 Å². The normalized spacial score (nSPS) is 10.2. The highest BCUT2D eigenvalue weighted by molar-refractivity contribution is 9.11. The predicted octanol–water partition coefficient (Wildman–Crippen LogP) is 4.14. The number of rotatable bonds is 3. The number of ether oxygens (including phenoxy) is 1. The van der Waals surface area contributed by atoms with E-state index in [1.54, 1.807) is 0 Å². The number of hydrogen-bond donors (Lipinski definition) is 0. The summed E-state index contributed by atoms with van der Waals surface area (Å²) in [7, 11) is 0. The molecular weight excluding hydrogens is 319 g/mol. The minimum absolute atomic E-state index is 0.493. The van der Waals surface area contributed by atoms with Crippen LogP contribution in [0.1, 0.15) is 5.56 Å². The van der Waals surface area contributed by atoms with E-state index < -0.39 is 0 Å². The maximum atomic E-state index is 5.53. The summed E-state index contributed by atoms with van der Waals surface area (Å²) < 4.78 is 7.34. The van der Waals surface area contributed by atoms with Crippen molar-refractivity contribution in [1.82, 2.24) is 0 Å². The first-order chi connectivity index (χ1) is 6.15. The van der Waals surface area contributed by atoms with Crippen LogP contribution in [0.25, 0.3) is 0 Å². The zero-order valence-corrected chi connectivity index (χ0v) is 11.0. The molecule has 0 saturated carbocycles. The highest BCUT2D eigenvalue weighted by Gasteiger charge is 2.06. The van der Waals surface area contributed by atoms with Gasteiger partial charge in [0.15, 0.2) is 0 Å². The lowest BCUT2D eigenvalue weighted by molar-refractivity contribution is 0.338. The van der Waals surface area contributed by atoms with Crippen molar-refractivity contribution in [3.05, 3.63) is 26.6 Å². The molecule has 1 aromatic carbocycles. The highest BCUT2D eigenvalue weighted by Crippen LogP contribution is 2.34. The van der Waals surface area contributed by atoms with Crippen molar-refractivity contribution >= 4 is 43.5 Å². The molecule has 1 rings (SSSR count). The second-order valence-electron chi connectivity index (χ2n) is 2.60. The van der Waals surface area contributed by atoms with Crippen LogP contribution >= 0.6 is 43.5 Å². The summed E-state index contributed by atoms with van der Waals surface area (Å²) in [5.41, 5.74) is 1.18. The van der Waals surface area contributed by atoms with Gasteiger partial charge in [0.2, 0.25) is 0 Å². The van der Waals surface area contributed by atoms with E-state index in [1.165, 1.54) is 5.56 Å². The number of aryl methyl sites for hydroxylation is 1. The van der Waals surface area contributed by atoms with Crippen LogP contribution in [-0.4, -0.2) is 12.5 Å². The highest BCUT2D eigenvalue weighted by atomic mass is 79.9. The second-order valence-corrected chi connectivity index (χ2v) is 4.68. The number of hydrogen-bond acceptors (Lipinski definition) is 1. The maximum absolute atomic E-state index is 5.53. The number of benzene rings is 1. The van der Waals surface area contributed by atoms with Crippen molar-refractivity contribution in [2.75, 3.05) is 12.5 Å². The Kier molecular flexibility index (Phi) is 4.56. The van der Waals surface area contributed by atoms with Gasteiger partial charge in [-0.1, -0.05) is 0 Å². The monoisotopic (exact) mass is 326 g/mol. The fourth-order valence-corrected chi connectivity index (χ4v) is 2.69. The molecule has 0 saturated heterocycles. The Morgan fingerprint density at radius 3 is 2.31 bits per heavy atom. The van der Waals surface area contributed by atoms with E-state index in [9.17, 15) is 0 Å². The third kappa shape index (κ3) is 3.15. The molecule has 0 bridgehead atoms. The Balaban J connectivity index is 2.92. The van der Waals surface area contributed by atoms with E-state index in [4.69, 9.17) is 16.3 Å². The largest absolute Gasteiger partial charge is 0.490 e. The molecule has 0 aliphatic carbocycles. The van der Waals surface area contributed by atoms with E-state index in [-0.39, 0.29) is 0 Å². The Morgan fingerprint density at radius 2 is 1.85 bits per heavy atom. The van der Waals surface area contributed by atoms with Gasteiger partial charge < -0.3 is 4.74 Å². The first-order valence-corrected chi connectivity index (χ1v) is 5.91. The summed E-state index contributed by atoms with van der Waals surface area (Å²) in [5, 5.41) is 0. The smallest absolute Gasteiger partial charge is 0.147 e. The lowest BCUT2D eigenvalue weighted by Gasteiger charge is -2.09. The molecule has 4 heteroatoms. The molecule has 13 heavy (non-hydrogen) atoms. The van der Waals surface area contributed by atoms with E-state index >= 15 is 0 Å². The quantitative estimate of drug-likeness (QED) is 0.758. The van der Waals surface area contributed by atoms with Crippen molar-refractivity contribution < 1.29 is 4.74 Å². The van der Waals surface area contributed by atoms with Crippen LogP contribution in [-0.2, 0) is 0 Å². The standard InChI is InChI=1S/C9H9Br2ClO/c1-6-4-7(10)9(8(11)5-6)13-3-2-12/h4-5H,2-3H2,1H3. The van der Waals surface area contributed by atoms with Crippen molar-refractivity contribution in [2.45, 2.75) is 6.92 Å². The Bertz CT molecular complexity index is 279. The Labute approximate surface area is 99.7 Å². The number of alkyl halides is 1. The molecule has 0 radical (unpaired) electrons. The zero-order chi connectivity index (χ0) is 9.84. The van der Waals surface area contributed by atoms with Crippen LogP contribution < -0.4 is 4.74 Å². The summed E-state index contributed by atoms with van der Waals surface area (Å²) in [4.78, 5) is 0. The van der Waals surface area contributed by atoms with Crippen LogP contribution in [0.4, 0.5) is 0 Å². The van der Waals surface area contributed by atoms with Gasteiger partial charge >= 0.3 is 0 Å². The van der Waals surface area contributed by atoms with Gasteiger partial charge in [-0.2, -0.15) is 0 Å². The average Bonchev–Trinajstić information content (AvgIpc) is 2.02. The first kappa shape index (κ1) is 11.3. The Hall–Kier alpha value is 0.270. The fourth-order valence-electron chi connectivity index (χ4n) is 0.965. The predicted molar refractivity (Wildman–Crippen MR) is 62.8 cm³/mol. The second kappa shape index (κ2) is 5.23. The lowest BCUT2D eigenvalue weighted by Crippen LogP contribution is -1.99. The van der Waals surface area contributed by atoms with Gasteiger partial charge in [0, 0.05) is 0 Å². The molecule has 0 aliphatic heterocycles. The summed E-state index contributed by atoms with van der Waals surface area (Å²) in [6.45, 7) is 2.54. The van der Waals surface area contributed by atoms with Crippen molar-refractivity contribution in [1.29, 1.82) is 0 Å². The molecule has 1 nitrogen and oxygen atoms in total. The van der Waals surface area contributed by atoms with Gasteiger partial charge in [0.1, 0.15) is 12.4 Å². The van der Waals surface area contributed by atoms with Crippen LogP contribution in [0.3, 0.4) is 0 Å². The third-order valence-electron chi connectivity index (χ3n) is 1.47. The van der Waals surface area contributed by atoms with E-state index in [2.05, 4.69) is 31.9 Å². The SMILES string of the molecule is Cc1cc(Br)c(OCCCl)c(Br)c1. The Morgan fingerprint density at radius 1 is 1.31 bits per heavy atom. The fraction of sp³-hybridized carbons (Fsp3) is 0.333. The summed E-state index contributed by atoms with van der Waals surface area (Å²) in [6.07, 6.45) is 0. The first-order valence-electron chi connectivity index (χ1n) is 3.79. The molecule has 0 fully saturated rings. The summed E-state index contributed by atoms with van der Waals surface area (Å²) in [6, 6.07) is 4.02. The minimum atomic E-state index is 0.493. The molecule has 0 aliphatic rings. The van der Waals surface area contributed by atoms with Crippen LogP contribution in [0.15, 0.2) is 21.1 Å². The van der Waals surface area contributed by atoms with Crippen LogP contribution in [0, 0.1) is 6.92 Å². The maximum Gasteiger partial charge on any atom is 0.147 e. The van der Waals surface area contributed by atoms with Crippen LogP contribution in [0.2, 0.25) is 0 Å². The minimum Gasteiger partial charge on any atom is -0.490 e. The molecule has 0 unspecified atom stereocenters. The molecule has 72 valence electrons. The molecule has 0 amide bonds. The number of halogens is 3. The zero-order valence-electron chi connectivity index (χ0n) is 7.11. The summed E-state index contributed by atoms with van der Waals surface area (Å²) >= 11 is 12.4. The topological polar surface area (TPSA) is 9.23 Å². The lowest BCUT2D eigenvalue weighted by atomic mass is 10.2. The molecule has 1 aromatic rings. The van der Waals surface area contributed by atoms with E-state index in [0.717, 1.165) is 14.7 Å². The van der Waals surface area contributed by atoms with Gasteiger partial charge in [0.05, 0.1) is 14.8 Å². The molecule has 0 N–H and O–H groups in total. The van der Waals surface area contributed by atoms with E-state index in [0.29, 0.717) is 12.5 Å². The summed E-state index contributed by atoms with van der Waals surface area (Å²) in [5.74, 6) is 1.30. The van der Waals surface area contributed by atoms with Crippen molar-refractivity contribution in [2.24, 2.45) is 0 Å². The molecule has 0 atom stereocenters. The van der Waals surface area contributed by atoms with Crippen LogP contribution in [0.5, 0.6) is 5.75 Å². The van der Waals surface area contributed by atoms with Gasteiger partial charge in [-0.25, -0.2) is 0 Å². The van der Waals surface area contributed by atoms with Gasteiger partial charge in [-0.3, -0.25) is 0 Å². The third-order valence-corrected chi connectivity index (χ3v) is 2.80. The van der Waals surface area contributed by atoms with Crippen molar-refractivity contribution in [3.63, 3.8) is 0 Å². The molecule has 0 spiro atoms. The molecule has 0 heterocycles. The molecular formula is C9H9Br2ClO. The van der Waals surface area contributed by atoms with Gasteiger partial charge in [0.25, 0.3) is 0 Å². The van der Waals surface area contributed by atoms with E-state index in [1.807, 2.05) is 19.1 Å². The van der Waals surface area contributed by atoms with Gasteiger partial charge in [-0.05, 0) is 56.5 Å². The molecule has 0 aromatic heterocycles. The average molecular weight is 328 g/mol.